The van der Waals surface area contributed by atoms with Gasteiger partial charge in [0.05, 0.1) is 5.56 Å². The second kappa shape index (κ2) is 7.65. The minimum Gasteiger partial charge on any atom is -0.454 e. The first-order chi connectivity index (χ1) is 12.9. The summed E-state index contributed by atoms with van der Waals surface area (Å²) in [6.45, 7) is 0.927. The van der Waals surface area contributed by atoms with Gasteiger partial charge in [-0.2, -0.15) is 0 Å². The fraction of sp³-hybridized carbons (Fsp3) is 0.100. The summed E-state index contributed by atoms with van der Waals surface area (Å²) in [5.74, 6) is -1.36. The fourth-order valence-corrected chi connectivity index (χ4v) is 2.61. The molecule has 0 saturated carbocycles. The predicted octanol–water partition coefficient (Wildman–Crippen LogP) is 2.53. The number of para-hydroxylation sites is 1. The van der Waals surface area contributed by atoms with E-state index in [9.17, 15) is 19.2 Å². The van der Waals surface area contributed by atoms with E-state index < -0.39 is 23.9 Å². The molecule has 0 radical (unpaired) electrons. The predicted molar refractivity (Wildman–Crippen MR) is 99.9 cm³/mol. The number of hydrogen-bond donors (Lipinski definition) is 2. The molecule has 0 aliphatic carbocycles. The first-order valence-electron chi connectivity index (χ1n) is 8.14. The molecule has 1 heterocycles. The number of fused-ring (bicyclic) bond motifs is 1. The Balaban J connectivity index is 1.71. The number of ether oxygens (including phenoxy) is 1. The third-order valence-electron chi connectivity index (χ3n) is 3.83. The van der Waals surface area contributed by atoms with E-state index in [0.717, 1.165) is 6.07 Å². The number of Topliss-reactive ketones (excluding diaryl/α,β-unsaturated/α-hetero) is 1. The van der Waals surface area contributed by atoms with Crippen molar-refractivity contribution in [3.8, 4) is 0 Å². The lowest BCUT2D eigenvalue weighted by molar-refractivity contribution is -0.114. The summed E-state index contributed by atoms with van der Waals surface area (Å²) in [7, 11) is 0. The number of pyridine rings is 1. The molecule has 2 aromatic carbocycles. The number of nitrogens with one attached hydrogen (secondary N) is 2. The zero-order valence-electron chi connectivity index (χ0n) is 14.4. The third-order valence-corrected chi connectivity index (χ3v) is 3.83. The Hall–Kier alpha value is -3.74. The fourth-order valence-electron chi connectivity index (χ4n) is 2.61. The van der Waals surface area contributed by atoms with Crippen LogP contribution in [0.4, 0.5) is 5.69 Å². The maximum Gasteiger partial charge on any atom is 0.339 e. The summed E-state index contributed by atoms with van der Waals surface area (Å²) in [6, 6.07) is 14.2. The van der Waals surface area contributed by atoms with E-state index in [1.807, 2.05) is 0 Å². The van der Waals surface area contributed by atoms with Crippen LogP contribution in [0.2, 0.25) is 0 Å². The summed E-state index contributed by atoms with van der Waals surface area (Å²) in [5.41, 5.74) is 1.08. The molecule has 7 nitrogen and oxygen atoms in total. The van der Waals surface area contributed by atoms with Crippen molar-refractivity contribution in [2.75, 3.05) is 11.9 Å². The van der Waals surface area contributed by atoms with Gasteiger partial charge in [-0.1, -0.05) is 18.2 Å². The van der Waals surface area contributed by atoms with Crippen LogP contribution in [0.25, 0.3) is 10.9 Å². The average Bonchev–Trinajstić information content (AvgIpc) is 2.65. The molecule has 0 saturated heterocycles. The zero-order valence-corrected chi connectivity index (χ0v) is 14.4. The highest BCUT2D eigenvalue weighted by atomic mass is 16.5. The second-order valence-electron chi connectivity index (χ2n) is 5.85. The van der Waals surface area contributed by atoms with Gasteiger partial charge in [-0.05, 0) is 30.3 Å². The van der Waals surface area contributed by atoms with Crippen LogP contribution in [0.15, 0.2) is 59.4 Å². The van der Waals surface area contributed by atoms with E-state index in [1.54, 1.807) is 36.4 Å². The number of rotatable bonds is 5. The quantitative estimate of drug-likeness (QED) is 0.535. The van der Waals surface area contributed by atoms with Crippen molar-refractivity contribution in [3.63, 3.8) is 0 Å². The highest BCUT2D eigenvalue weighted by Gasteiger charge is 2.15. The van der Waals surface area contributed by atoms with Gasteiger partial charge in [-0.25, -0.2) is 4.79 Å². The molecule has 0 spiro atoms. The molecule has 1 aromatic heterocycles. The molecule has 0 unspecified atom stereocenters. The van der Waals surface area contributed by atoms with Gasteiger partial charge >= 0.3 is 5.97 Å². The van der Waals surface area contributed by atoms with Crippen LogP contribution in [0.5, 0.6) is 0 Å². The van der Waals surface area contributed by atoms with Crippen molar-refractivity contribution in [1.29, 1.82) is 0 Å². The van der Waals surface area contributed by atoms with Gasteiger partial charge in [-0.3, -0.25) is 14.4 Å². The number of benzene rings is 2. The van der Waals surface area contributed by atoms with Gasteiger partial charge in [0.15, 0.2) is 12.4 Å². The van der Waals surface area contributed by atoms with E-state index >= 15 is 0 Å². The van der Waals surface area contributed by atoms with Gasteiger partial charge in [0.1, 0.15) is 0 Å². The van der Waals surface area contributed by atoms with E-state index in [-0.39, 0.29) is 11.5 Å². The summed E-state index contributed by atoms with van der Waals surface area (Å²) < 4.78 is 5.09. The first kappa shape index (κ1) is 18.1. The van der Waals surface area contributed by atoms with Gasteiger partial charge < -0.3 is 15.0 Å². The van der Waals surface area contributed by atoms with Crippen molar-refractivity contribution in [2.45, 2.75) is 6.92 Å². The Labute approximate surface area is 154 Å². The number of carbonyl (C=O) groups excluding carboxylic acids is 3. The summed E-state index contributed by atoms with van der Waals surface area (Å²) in [5, 5.41) is 3.13. The topological polar surface area (TPSA) is 105 Å². The summed E-state index contributed by atoms with van der Waals surface area (Å²) >= 11 is 0. The minimum atomic E-state index is -0.750. The largest absolute Gasteiger partial charge is 0.454 e. The SMILES string of the molecule is CC(=O)Nc1ccc(C(=O)COC(=O)c2cc(=O)[nH]c3ccccc23)cc1. The molecule has 0 fully saturated rings. The molecule has 1 amide bonds. The van der Waals surface area contributed by atoms with Crippen molar-refractivity contribution < 1.29 is 19.1 Å². The van der Waals surface area contributed by atoms with Crippen LogP contribution < -0.4 is 10.9 Å². The maximum atomic E-state index is 12.3. The van der Waals surface area contributed by atoms with Crippen LogP contribution >= 0.6 is 0 Å². The Kier molecular flexibility index (Phi) is 5.12. The molecule has 0 aliphatic heterocycles. The summed E-state index contributed by atoms with van der Waals surface area (Å²) in [4.78, 5) is 49.9. The first-order valence-corrected chi connectivity index (χ1v) is 8.14. The van der Waals surface area contributed by atoms with E-state index in [2.05, 4.69) is 10.3 Å². The van der Waals surface area contributed by atoms with E-state index in [1.165, 1.54) is 19.1 Å². The van der Waals surface area contributed by atoms with Gasteiger partial charge in [0.2, 0.25) is 11.5 Å². The summed E-state index contributed by atoms with van der Waals surface area (Å²) in [6.07, 6.45) is 0. The molecule has 136 valence electrons. The lowest BCUT2D eigenvalue weighted by Gasteiger charge is -2.07. The second-order valence-corrected chi connectivity index (χ2v) is 5.85. The van der Waals surface area contributed by atoms with Crippen molar-refractivity contribution in [3.05, 3.63) is 76.1 Å². The lowest BCUT2D eigenvalue weighted by Crippen LogP contribution is -2.17. The van der Waals surface area contributed by atoms with E-state index in [4.69, 9.17) is 4.74 Å². The monoisotopic (exact) mass is 364 g/mol. The molecule has 2 N–H and O–H groups in total. The number of H-pyrrole nitrogens is 1. The number of aromatic nitrogens is 1. The number of esters is 1. The molecule has 0 bridgehead atoms. The molecule has 3 aromatic rings. The maximum absolute atomic E-state index is 12.3. The van der Waals surface area contributed by atoms with Crippen LogP contribution in [0, 0.1) is 0 Å². The molecule has 3 rings (SSSR count). The number of anilines is 1. The average molecular weight is 364 g/mol. The Morgan fingerprint density at radius 2 is 1.74 bits per heavy atom. The Bertz CT molecular complexity index is 1080. The zero-order chi connectivity index (χ0) is 19.4. The van der Waals surface area contributed by atoms with Gasteiger partial charge in [-0.15, -0.1) is 0 Å². The van der Waals surface area contributed by atoms with Crippen molar-refractivity contribution >= 4 is 34.3 Å². The van der Waals surface area contributed by atoms with Crippen molar-refractivity contribution in [2.24, 2.45) is 0 Å². The number of ketones is 1. The van der Waals surface area contributed by atoms with E-state index in [0.29, 0.717) is 22.2 Å². The normalized spacial score (nSPS) is 10.4. The van der Waals surface area contributed by atoms with Crippen LogP contribution in [-0.4, -0.2) is 29.3 Å². The lowest BCUT2D eigenvalue weighted by atomic mass is 10.1. The van der Waals surface area contributed by atoms with Crippen LogP contribution in [0.1, 0.15) is 27.6 Å². The number of carbonyl (C=O) groups is 3. The molecule has 27 heavy (non-hydrogen) atoms. The molecule has 0 atom stereocenters. The number of amides is 1. The highest BCUT2D eigenvalue weighted by Crippen LogP contribution is 2.16. The smallest absolute Gasteiger partial charge is 0.339 e. The van der Waals surface area contributed by atoms with Crippen LogP contribution in [0.3, 0.4) is 0 Å². The molecular weight excluding hydrogens is 348 g/mol. The van der Waals surface area contributed by atoms with Crippen molar-refractivity contribution in [1.82, 2.24) is 4.98 Å². The minimum absolute atomic E-state index is 0.100. The number of hydrogen-bond acceptors (Lipinski definition) is 5. The molecular formula is C20H16N2O5. The number of aromatic amines is 1. The Morgan fingerprint density at radius 1 is 1.04 bits per heavy atom. The van der Waals surface area contributed by atoms with Crippen LogP contribution in [-0.2, 0) is 9.53 Å². The Morgan fingerprint density at radius 3 is 2.44 bits per heavy atom. The highest BCUT2D eigenvalue weighted by molar-refractivity contribution is 6.05. The van der Waals surface area contributed by atoms with Gasteiger partial charge in [0.25, 0.3) is 0 Å². The third kappa shape index (κ3) is 4.27. The van der Waals surface area contributed by atoms with Gasteiger partial charge in [0, 0.05) is 35.1 Å². The molecule has 7 heteroatoms. The molecule has 0 aliphatic rings. The standard InChI is InChI=1S/C20H16N2O5/c1-12(23)21-14-8-6-13(7-9-14)18(24)11-27-20(26)16-10-19(25)22-17-5-3-2-4-15(16)17/h2-10H,11H2,1H3,(H,21,23)(H,22,25).